The molecule has 1 saturated heterocycles. The van der Waals surface area contributed by atoms with E-state index in [4.69, 9.17) is 11.3 Å². The molecule has 0 atom stereocenters. The zero-order valence-corrected chi connectivity index (χ0v) is 19.3. The molecule has 2 aliphatic rings. The summed E-state index contributed by atoms with van der Waals surface area (Å²) < 4.78 is 35.1. The molecule has 1 N–H and O–H groups in total. The Balaban J connectivity index is 1.38. The number of allylic oxidation sites excluding steroid dienone is 1. The van der Waals surface area contributed by atoms with Crippen LogP contribution in [-0.2, 0) is 6.42 Å². The number of pyridine rings is 1. The number of fused-ring (bicyclic) bond motifs is 1. The second-order valence-corrected chi connectivity index (χ2v) is 8.64. The zero-order chi connectivity index (χ0) is 24.5. The van der Waals surface area contributed by atoms with Crippen molar-refractivity contribution in [1.29, 1.82) is 0 Å². The summed E-state index contributed by atoms with van der Waals surface area (Å²) in [5.41, 5.74) is 1.89. The number of nitrogens with one attached hydrogen (secondary N) is 1. The highest BCUT2D eigenvalue weighted by atomic mass is 19.1. The van der Waals surface area contributed by atoms with E-state index in [-0.39, 0.29) is 28.7 Å². The molecule has 1 fully saturated rings. The minimum absolute atomic E-state index is 0.0531. The van der Waals surface area contributed by atoms with Crippen LogP contribution in [0.3, 0.4) is 0 Å². The van der Waals surface area contributed by atoms with Crippen LogP contribution in [0.15, 0.2) is 36.3 Å². The van der Waals surface area contributed by atoms with E-state index in [0.29, 0.717) is 17.7 Å². The summed E-state index contributed by atoms with van der Waals surface area (Å²) in [7, 11) is 2.10. The van der Waals surface area contributed by atoms with Gasteiger partial charge in [-0.1, -0.05) is 11.6 Å². The Morgan fingerprint density at radius 2 is 1.91 bits per heavy atom. The Kier molecular flexibility index (Phi) is 6.01. The maximum Gasteiger partial charge on any atom is 0.288 e. The van der Waals surface area contributed by atoms with Crippen LogP contribution >= 0.6 is 0 Å². The Labute approximate surface area is 201 Å². The van der Waals surface area contributed by atoms with Gasteiger partial charge < -0.3 is 19.9 Å². The largest absolute Gasteiger partial charge is 0.446 e. The van der Waals surface area contributed by atoms with Crippen LogP contribution in [0.25, 0.3) is 10.9 Å². The normalized spacial score (nSPS) is 15.4. The fourth-order valence-corrected chi connectivity index (χ4v) is 4.19. The number of benzene rings is 1. The number of piperazine rings is 1. The Morgan fingerprint density at radius 1 is 1.11 bits per heavy atom. The van der Waals surface area contributed by atoms with Crippen molar-refractivity contribution in [1.82, 2.24) is 19.9 Å². The lowest BCUT2D eigenvalue weighted by molar-refractivity contribution is 0.312. The molecular weight excluding hydrogens is 452 g/mol. The van der Waals surface area contributed by atoms with Crippen molar-refractivity contribution >= 4 is 29.1 Å². The van der Waals surface area contributed by atoms with E-state index in [2.05, 4.69) is 42.0 Å². The molecule has 5 rings (SSSR count). The van der Waals surface area contributed by atoms with E-state index in [1.807, 2.05) is 19.1 Å². The molecule has 1 aliphatic heterocycles. The Morgan fingerprint density at radius 3 is 2.63 bits per heavy atom. The minimum atomic E-state index is -0.689. The van der Waals surface area contributed by atoms with E-state index >= 15 is 4.39 Å². The topological polar surface area (TPSA) is 70.8 Å². The van der Waals surface area contributed by atoms with E-state index in [1.54, 1.807) is 12.3 Å². The third-order valence-electron chi connectivity index (χ3n) is 6.12. The second kappa shape index (κ2) is 9.27. The first-order valence-electron chi connectivity index (χ1n) is 11.2. The molecule has 3 heterocycles. The summed E-state index contributed by atoms with van der Waals surface area (Å²) in [6.07, 6.45) is 4.81. The molecule has 0 saturated carbocycles. The average molecular weight is 476 g/mol. The highest BCUT2D eigenvalue weighted by molar-refractivity contribution is 5.75. The quantitative estimate of drug-likeness (QED) is 0.524. The molecule has 8 nitrogen and oxygen atoms in total. The summed E-state index contributed by atoms with van der Waals surface area (Å²) in [5, 5.41) is 3.05. The van der Waals surface area contributed by atoms with Gasteiger partial charge in [-0.2, -0.15) is 0 Å². The van der Waals surface area contributed by atoms with Gasteiger partial charge in [-0.15, -0.1) is 0 Å². The standard InChI is InChI=1S/C25H23F2N7O/c1-15-10-17-18(11-15)22(27)20(12-19(17)26)35-25-23(28-2)24(30-14-31-25)32-16-4-5-21(29-13-16)34-8-6-33(3)7-9-34/h4-5,11-14H,6-10H2,1,3H3,(H,30,31,32). The Hall–Kier alpha value is -4.10. The van der Waals surface area contributed by atoms with E-state index in [9.17, 15) is 4.39 Å². The van der Waals surface area contributed by atoms with Gasteiger partial charge in [-0.05, 0) is 32.5 Å². The first kappa shape index (κ1) is 22.7. The summed E-state index contributed by atoms with van der Waals surface area (Å²) in [6, 6.07) is 4.74. The molecule has 35 heavy (non-hydrogen) atoms. The summed E-state index contributed by atoms with van der Waals surface area (Å²) in [6.45, 7) is 13.2. The molecule has 0 radical (unpaired) electrons. The maximum absolute atomic E-state index is 15.0. The predicted molar refractivity (Wildman–Crippen MR) is 129 cm³/mol. The maximum atomic E-state index is 15.0. The highest BCUT2D eigenvalue weighted by Crippen LogP contribution is 2.40. The lowest BCUT2D eigenvalue weighted by Crippen LogP contribution is -2.44. The van der Waals surface area contributed by atoms with Crippen LogP contribution in [0.4, 0.5) is 31.8 Å². The molecule has 1 aromatic carbocycles. The summed E-state index contributed by atoms with van der Waals surface area (Å²) in [5.74, 6) is -0.703. The van der Waals surface area contributed by atoms with Gasteiger partial charge in [0.15, 0.2) is 11.6 Å². The van der Waals surface area contributed by atoms with Crippen LogP contribution in [0, 0.1) is 18.2 Å². The number of halogens is 2. The monoisotopic (exact) mass is 475 g/mol. The van der Waals surface area contributed by atoms with Crippen molar-refractivity contribution in [2.75, 3.05) is 43.4 Å². The second-order valence-electron chi connectivity index (χ2n) is 8.64. The van der Waals surface area contributed by atoms with Gasteiger partial charge in [-0.3, -0.25) is 0 Å². The lowest BCUT2D eigenvalue weighted by Gasteiger charge is -2.33. The van der Waals surface area contributed by atoms with Crippen molar-refractivity contribution < 1.29 is 13.5 Å². The van der Waals surface area contributed by atoms with Crippen molar-refractivity contribution in [2.45, 2.75) is 13.3 Å². The first-order valence-corrected chi connectivity index (χ1v) is 11.2. The van der Waals surface area contributed by atoms with Crippen molar-refractivity contribution in [3.05, 3.63) is 70.5 Å². The number of aromatic nitrogens is 3. The Bertz CT molecular complexity index is 1340. The van der Waals surface area contributed by atoms with Gasteiger partial charge in [0.2, 0.25) is 5.88 Å². The third kappa shape index (κ3) is 4.50. The van der Waals surface area contributed by atoms with Crippen molar-refractivity contribution in [3.8, 4) is 11.6 Å². The number of nitrogens with zero attached hydrogens (tertiary/aromatic N) is 6. The molecule has 1 aliphatic carbocycles. The first-order chi connectivity index (χ1) is 16.9. The summed E-state index contributed by atoms with van der Waals surface area (Å²) >= 11 is 0. The minimum Gasteiger partial charge on any atom is -0.446 e. The highest BCUT2D eigenvalue weighted by Gasteiger charge is 2.24. The number of likely N-dealkylation sites (N-methyl/N-ethyl adjacent to an activating group) is 1. The van der Waals surface area contributed by atoms with Gasteiger partial charge in [0.25, 0.3) is 5.69 Å². The molecule has 0 amide bonds. The van der Waals surface area contributed by atoms with E-state index in [1.165, 1.54) is 6.33 Å². The van der Waals surface area contributed by atoms with Crippen molar-refractivity contribution in [3.63, 3.8) is 0 Å². The molecular formula is C25H23F2N7O. The van der Waals surface area contributed by atoms with Crippen LogP contribution in [-0.4, -0.2) is 53.1 Å². The number of anilines is 3. The van der Waals surface area contributed by atoms with Gasteiger partial charge in [0, 0.05) is 43.4 Å². The molecule has 2 aromatic heterocycles. The van der Waals surface area contributed by atoms with Gasteiger partial charge in [0.1, 0.15) is 23.8 Å². The van der Waals surface area contributed by atoms with Gasteiger partial charge in [0.05, 0.1) is 18.5 Å². The molecule has 178 valence electrons. The van der Waals surface area contributed by atoms with Crippen LogP contribution in [0.1, 0.15) is 18.1 Å². The fourth-order valence-electron chi connectivity index (χ4n) is 4.19. The van der Waals surface area contributed by atoms with Gasteiger partial charge in [-0.25, -0.2) is 28.6 Å². The molecule has 0 bridgehead atoms. The van der Waals surface area contributed by atoms with Crippen LogP contribution < -0.4 is 15.0 Å². The lowest BCUT2D eigenvalue weighted by atomic mass is 10.1. The fraction of sp³-hybridized carbons (Fsp3) is 0.280. The third-order valence-corrected chi connectivity index (χ3v) is 6.12. The number of hydrogen-bond donors (Lipinski definition) is 1. The summed E-state index contributed by atoms with van der Waals surface area (Å²) in [4.78, 5) is 20.6. The number of hydrogen-bond acceptors (Lipinski definition) is 7. The smallest absolute Gasteiger partial charge is 0.288 e. The number of rotatable bonds is 5. The molecule has 0 spiro atoms. The average Bonchev–Trinajstić information content (AvgIpc) is 3.26. The van der Waals surface area contributed by atoms with Gasteiger partial charge >= 0.3 is 0 Å². The zero-order valence-electron chi connectivity index (χ0n) is 19.3. The molecule has 0 unspecified atom stereocenters. The predicted octanol–water partition coefficient (Wildman–Crippen LogP) is 4.95. The van der Waals surface area contributed by atoms with E-state index < -0.39 is 11.6 Å². The number of ether oxygens (including phenoxy) is 1. The molecule has 10 heteroatoms. The van der Waals surface area contributed by atoms with Crippen molar-refractivity contribution in [2.24, 2.45) is 0 Å². The van der Waals surface area contributed by atoms with Crippen LogP contribution in [0.5, 0.6) is 11.6 Å². The SMILES string of the molecule is [C-]#[N+]c1c(Nc2ccc(N3CCN(C)CC3)nc2)ncnc1Oc1cc(F)c2c(c1F)C=C(C)C2. The van der Waals surface area contributed by atoms with E-state index in [0.717, 1.165) is 43.6 Å². The van der Waals surface area contributed by atoms with Crippen LogP contribution in [0.2, 0.25) is 0 Å². The molecule has 3 aromatic rings.